The van der Waals surface area contributed by atoms with Gasteiger partial charge in [0.2, 0.25) is 11.8 Å². The summed E-state index contributed by atoms with van der Waals surface area (Å²) in [6.45, 7) is 7.18. The maximum atomic E-state index is 11.8. The largest absolute Gasteiger partial charge is 0.439 e. The molecule has 1 atom stereocenters. The third-order valence-corrected chi connectivity index (χ3v) is 8.68. The molecule has 1 saturated heterocycles. The zero-order chi connectivity index (χ0) is 28.6. The fraction of sp³-hybridized carbons (Fsp3) is 0.406. The third-order valence-electron chi connectivity index (χ3n) is 8.68. The van der Waals surface area contributed by atoms with Gasteiger partial charge in [0.25, 0.3) is 0 Å². The summed E-state index contributed by atoms with van der Waals surface area (Å²) in [5.74, 6) is 1.88. The summed E-state index contributed by atoms with van der Waals surface area (Å²) in [6, 6.07) is 14.5. The average molecular weight is 566 g/mol. The van der Waals surface area contributed by atoms with E-state index in [4.69, 9.17) is 19.2 Å². The van der Waals surface area contributed by atoms with Gasteiger partial charge >= 0.3 is 5.76 Å². The van der Waals surface area contributed by atoms with Crippen molar-refractivity contribution in [2.75, 3.05) is 24.7 Å². The molecule has 1 N–H and O–H groups in total. The minimum absolute atomic E-state index is 0.0327. The Morgan fingerprint density at radius 3 is 2.64 bits per heavy atom. The lowest BCUT2D eigenvalue weighted by Crippen LogP contribution is -2.41. The summed E-state index contributed by atoms with van der Waals surface area (Å²) in [5.41, 5.74) is 6.13. The monoisotopic (exact) mass is 565 g/mol. The Hall–Kier alpha value is -4.31. The lowest BCUT2D eigenvalue weighted by molar-refractivity contribution is 0.0927. The fourth-order valence-corrected chi connectivity index (χ4v) is 6.45. The summed E-state index contributed by atoms with van der Waals surface area (Å²) in [6.07, 6.45) is 8.55. The highest BCUT2D eigenvalue weighted by Crippen LogP contribution is 2.39. The number of benzene rings is 1. The Morgan fingerprint density at radius 2 is 1.88 bits per heavy atom. The Bertz CT molecular complexity index is 1750. The Kier molecular flexibility index (Phi) is 7.07. The van der Waals surface area contributed by atoms with E-state index >= 15 is 0 Å². The fourth-order valence-electron chi connectivity index (χ4n) is 6.45. The topological polar surface area (TPSA) is 115 Å². The van der Waals surface area contributed by atoms with E-state index in [0.717, 1.165) is 52.8 Å². The van der Waals surface area contributed by atoms with E-state index in [9.17, 15) is 4.79 Å². The van der Waals surface area contributed by atoms with Crippen molar-refractivity contribution in [2.24, 2.45) is 11.8 Å². The molecule has 1 aliphatic carbocycles. The molecule has 10 nitrogen and oxygen atoms in total. The molecule has 1 aromatic carbocycles. The molecule has 0 amide bonds. The molecule has 1 saturated carbocycles. The summed E-state index contributed by atoms with van der Waals surface area (Å²) < 4.78 is 13.2. The van der Waals surface area contributed by atoms with Crippen LogP contribution in [0.25, 0.3) is 33.8 Å². The van der Waals surface area contributed by atoms with Crippen LogP contribution in [0.15, 0.2) is 64.2 Å². The van der Waals surface area contributed by atoms with Crippen LogP contribution >= 0.6 is 0 Å². The van der Waals surface area contributed by atoms with E-state index in [-0.39, 0.29) is 11.9 Å². The summed E-state index contributed by atoms with van der Waals surface area (Å²) in [7, 11) is 0. The number of aromatic nitrogens is 6. The minimum Gasteiger partial charge on any atom is -0.377 e. The molecule has 216 valence electrons. The molecule has 7 rings (SSSR count). The van der Waals surface area contributed by atoms with E-state index in [1.54, 1.807) is 0 Å². The van der Waals surface area contributed by atoms with Gasteiger partial charge in [-0.15, -0.1) is 0 Å². The molecule has 10 heteroatoms. The van der Waals surface area contributed by atoms with Gasteiger partial charge in [-0.3, -0.25) is 14.5 Å². The van der Waals surface area contributed by atoms with Crippen molar-refractivity contribution >= 4 is 17.0 Å². The van der Waals surface area contributed by atoms with Gasteiger partial charge in [-0.2, -0.15) is 0 Å². The van der Waals surface area contributed by atoms with Gasteiger partial charge in [0.1, 0.15) is 5.69 Å². The third kappa shape index (κ3) is 5.11. The number of fused-ring (bicyclic) bond motifs is 1. The summed E-state index contributed by atoms with van der Waals surface area (Å²) in [5, 5.41) is 3.93. The number of aryl methyl sites for hydroxylation is 1. The SMILES string of the molecule is Cc1cncc(-c2nc(-c3noc(=O)[nH]3)cc3nc(N4CCOC[C@H]4c4ccccc4)n(CC4CCC(C)CC4)c23)c1. The van der Waals surface area contributed by atoms with E-state index in [2.05, 4.69) is 61.8 Å². The number of nitrogens with one attached hydrogen (secondary N) is 1. The van der Waals surface area contributed by atoms with Crippen molar-refractivity contribution in [1.29, 1.82) is 0 Å². The standard InChI is InChI=1S/C32H35N7O3/c1-20-8-10-22(11-9-20)18-39-29-25(35-31(39)38-12-13-41-19-27(38)23-6-4-3-5-7-23)15-26(30-36-32(40)42-37-30)34-28(29)24-14-21(2)16-33-17-24/h3-7,14-17,20,22,27H,8-13,18-19H2,1-2H3,(H,36,37,40)/t20?,22?,27-/m0/s1. The molecule has 42 heavy (non-hydrogen) atoms. The van der Waals surface area contributed by atoms with Gasteiger partial charge in [0.05, 0.1) is 36.0 Å². The maximum absolute atomic E-state index is 11.8. The highest BCUT2D eigenvalue weighted by Gasteiger charge is 2.32. The highest BCUT2D eigenvalue weighted by molar-refractivity contribution is 5.94. The smallest absolute Gasteiger partial charge is 0.377 e. The number of morpholine rings is 1. The first-order valence-electron chi connectivity index (χ1n) is 14.8. The lowest BCUT2D eigenvalue weighted by Gasteiger charge is -2.37. The van der Waals surface area contributed by atoms with E-state index < -0.39 is 5.76 Å². The van der Waals surface area contributed by atoms with Crippen LogP contribution in [0.1, 0.15) is 49.8 Å². The second-order valence-electron chi connectivity index (χ2n) is 11.8. The normalized spacial score (nSPS) is 21.2. The average Bonchev–Trinajstić information content (AvgIpc) is 3.62. The zero-order valence-electron chi connectivity index (χ0n) is 24.0. The quantitative estimate of drug-likeness (QED) is 0.285. The van der Waals surface area contributed by atoms with Crippen LogP contribution in [-0.2, 0) is 11.3 Å². The second kappa shape index (κ2) is 11.2. The number of pyridine rings is 2. The molecule has 0 unspecified atom stereocenters. The minimum atomic E-state index is -0.623. The van der Waals surface area contributed by atoms with Crippen molar-refractivity contribution in [3.8, 4) is 22.8 Å². The predicted molar refractivity (Wildman–Crippen MR) is 160 cm³/mol. The van der Waals surface area contributed by atoms with Crippen LogP contribution in [0.5, 0.6) is 0 Å². The van der Waals surface area contributed by atoms with Crippen molar-refractivity contribution in [1.82, 2.24) is 29.7 Å². The molecule has 2 fully saturated rings. The Labute approximate surface area is 243 Å². The molecular weight excluding hydrogens is 530 g/mol. The maximum Gasteiger partial charge on any atom is 0.439 e. The van der Waals surface area contributed by atoms with Crippen LogP contribution in [0.3, 0.4) is 0 Å². The molecule has 5 aromatic rings. The van der Waals surface area contributed by atoms with Gasteiger partial charge in [-0.1, -0.05) is 55.3 Å². The van der Waals surface area contributed by atoms with Gasteiger partial charge in [-0.05, 0) is 54.9 Å². The van der Waals surface area contributed by atoms with Crippen LogP contribution in [0.4, 0.5) is 5.95 Å². The summed E-state index contributed by atoms with van der Waals surface area (Å²) in [4.78, 5) is 31.8. The molecule has 0 bridgehead atoms. The molecule has 1 aliphatic heterocycles. The number of ether oxygens (including phenoxy) is 1. The molecular formula is C32H35N7O3. The lowest BCUT2D eigenvalue weighted by atomic mass is 9.83. The number of rotatable bonds is 6. The molecule has 0 radical (unpaired) electrons. The van der Waals surface area contributed by atoms with Crippen LogP contribution in [0, 0.1) is 18.8 Å². The second-order valence-corrected chi connectivity index (χ2v) is 11.8. The van der Waals surface area contributed by atoms with Gasteiger partial charge < -0.3 is 14.2 Å². The van der Waals surface area contributed by atoms with Crippen molar-refractivity contribution in [3.63, 3.8) is 0 Å². The number of anilines is 1. The Balaban J connectivity index is 1.45. The van der Waals surface area contributed by atoms with Crippen molar-refractivity contribution in [2.45, 2.75) is 52.1 Å². The van der Waals surface area contributed by atoms with Crippen molar-refractivity contribution in [3.05, 3.63) is 76.5 Å². The van der Waals surface area contributed by atoms with Crippen LogP contribution in [-0.4, -0.2) is 49.4 Å². The first-order valence-corrected chi connectivity index (χ1v) is 14.8. The summed E-state index contributed by atoms with van der Waals surface area (Å²) >= 11 is 0. The zero-order valence-corrected chi connectivity index (χ0v) is 24.0. The predicted octanol–water partition coefficient (Wildman–Crippen LogP) is 5.55. The number of hydrogen-bond donors (Lipinski definition) is 1. The number of H-pyrrole nitrogens is 1. The van der Waals surface area contributed by atoms with Gasteiger partial charge in [0.15, 0.2) is 0 Å². The molecule has 5 heterocycles. The number of nitrogens with zero attached hydrogens (tertiary/aromatic N) is 6. The first kappa shape index (κ1) is 26.6. The van der Waals surface area contributed by atoms with Gasteiger partial charge in [0, 0.05) is 31.0 Å². The number of aromatic amines is 1. The van der Waals surface area contributed by atoms with E-state index in [1.165, 1.54) is 31.2 Å². The molecule has 0 spiro atoms. The molecule has 2 aliphatic rings. The van der Waals surface area contributed by atoms with Crippen molar-refractivity contribution < 1.29 is 9.26 Å². The number of hydrogen-bond acceptors (Lipinski definition) is 8. The van der Waals surface area contributed by atoms with E-state index in [1.807, 2.05) is 31.5 Å². The van der Waals surface area contributed by atoms with Crippen LogP contribution in [0.2, 0.25) is 0 Å². The Morgan fingerprint density at radius 1 is 1.05 bits per heavy atom. The van der Waals surface area contributed by atoms with Crippen LogP contribution < -0.4 is 10.7 Å². The first-order chi connectivity index (χ1) is 20.5. The highest BCUT2D eigenvalue weighted by atomic mass is 16.5. The van der Waals surface area contributed by atoms with E-state index in [0.29, 0.717) is 24.8 Å². The van der Waals surface area contributed by atoms with Gasteiger partial charge in [-0.25, -0.2) is 14.8 Å². The number of imidazole rings is 1. The molecule has 4 aromatic heterocycles.